The second-order valence-corrected chi connectivity index (χ2v) is 5.67. The fourth-order valence-corrected chi connectivity index (χ4v) is 3.39. The summed E-state index contributed by atoms with van der Waals surface area (Å²) >= 11 is 3.15. The lowest BCUT2D eigenvalue weighted by atomic mass is 10.2. The summed E-state index contributed by atoms with van der Waals surface area (Å²) in [5, 5.41) is 6.53. The van der Waals surface area contributed by atoms with Crippen LogP contribution in [0.4, 0.5) is 10.9 Å². The number of nitrogens with two attached hydrogens (primary N) is 1. The van der Waals surface area contributed by atoms with Gasteiger partial charge in [-0.05, 0) is 12.2 Å². The number of nitrogens with one attached hydrogen (secondary N) is 2. The summed E-state index contributed by atoms with van der Waals surface area (Å²) in [4.78, 5) is 16.4. The molecule has 1 aromatic rings. The summed E-state index contributed by atoms with van der Waals surface area (Å²) in [7, 11) is 1.76. The predicted molar refractivity (Wildman–Crippen MR) is 69.3 cm³/mol. The third-order valence-electron chi connectivity index (χ3n) is 2.34. The predicted octanol–water partition coefficient (Wildman–Crippen LogP) is 1.00. The van der Waals surface area contributed by atoms with E-state index in [0.717, 1.165) is 17.9 Å². The Hall–Kier alpha value is -0.950. The van der Waals surface area contributed by atoms with E-state index in [1.807, 2.05) is 11.8 Å². The number of aromatic nitrogens is 1. The molecule has 1 fully saturated rings. The van der Waals surface area contributed by atoms with E-state index in [0.29, 0.717) is 15.8 Å². The Kier molecular flexibility index (Phi) is 3.55. The lowest BCUT2D eigenvalue weighted by Crippen LogP contribution is -2.34. The second kappa shape index (κ2) is 4.92. The molecule has 0 aromatic carbocycles. The number of hydrogen-bond donors (Lipinski definition) is 3. The molecule has 1 aliphatic heterocycles. The first kappa shape index (κ1) is 11.5. The Balaban J connectivity index is 2.04. The van der Waals surface area contributed by atoms with E-state index < -0.39 is 0 Å². The van der Waals surface area contributed by atoms with Crippen LogP contribution < -0.4 is 16.4 Å². The zero-order valence-electron chi connectivity index (χ0n) is 8.95. The number of rotatable bonds is 3. The average Bonchev–Trinajstić information content (AvgIpc) is 2.87. The van der Waals surface area contributed by atoms with Gasteiger partial charge in [0, 0.05) is 18.8 Å². The van der Waals surface area contributed by atoms with Gasteiger partial charge in [0.1, 0.15) is 10.7 Å². The van der Waals surface area contributed by atoms with E-state index in [4.69, 9.17) is 5.73 Å². The minimum atomic E-state index is -0.107. The molecule has 2 rings (SSSR count). The molecular weight excluding hydrogens is 244 g/mol. The minimum absolute atomic E-state index is 0.107. The first-order valence-corrected chi connectivity index (χ1v) is 7.00. The van der Waals surface area contributed by atoms with Crippen LogP contribution in [-0.2, 0) is 0 Å². The summed E-state index contributed by atoms with van der Waals surface area (Å²) in [5.74, 6) is 2.30. The van der Waals surface area contributed by atoms with Crippen molar-refractivity contribution in [3.05, 3.63) is 4.88 Å². The molecule has 88 valence electrons. The fourth-order valence-electron chi connectivity index (χ4n) is 1.50. The van der Waals surface area contributed by atoms with Crippen LogP contribution in [0.15, 0.2) is 0 Å². The highest BCUT2D eigenvalue weighted by atomic mass is 32.2. The van der Waals surface area contributed by atoms with E-state index in [-0.39, 0.29) is 11.9 Å². The van der Waals surface area contributed by atoms with Gasteiger partial charge in [-0.2, -0.15) is 11.8 Å². The maximum Gasteiger partial charge on any atom is 0.265 e. The molecule has 1 atom stereocenters. The van der Waals surface area contributed by atoms with Crippen molar-refractivity contribution in [2.75, 3.05) is 29.6 Å². The number of anilines is 2. The van der Waals surface area contributed by atoms with Gasteiger partial charge in [0.25, 0.3) is 5.91 Å². The van der Waals surface area contributed by atoms with Gasteiger partial charge in [0.2, 0.25) is 0 Å². The van der Waals surface area contributed by atoms with Crippen molar-refractivity contribution in [2.45, 2.75) is 12.5 Å². The van der Waals surface area contributed by atoms with Crippen molar-refractivity contribution in [1.29, 1.82) is 0 Å². The zero-order valence-corrected chi connectivity index (χ0v) is 10.6. The van der Waals surface area contributed by atoms with Gasteiger partial charge in [0.05, 0.1) is 0 Å². The number of carbonyl (C=O) groups excluding carboxylic acids is 1. The molecule has 0 aliphatic carbocycles. The molecule has 0 radical (unpaired) electrons. The van der Waals surface area contributed by atoms with Gasteiger partial charge in [-0.3, -0.25) is 4.79 Å². The van der Waals surface area contributed by atoms with Crippen LogP contribution >= 0.6 is 23.1 Å². The molecule has 1 amide bonds. The summed E-state index contributed by atoms with van der Waals surface area (Å²) in [5.41, 5.74) is 5.69. The number of carbonyl (C=O) groups is 1. The smallest absolute Gasteiger partial charge is 0.265 e. The molecule has 0 spiro atoms. The standard InChI is InChI=1S/C9H14N4OS2/c1-11-9-13-7(10)6(16-9)8(14)12-5-2-3-15-4-5/h5H,2-4,10H2,1H3,(H,11,13)(H,12,14). The molecule has 0 saturated carbocycles. The van der Waals surface area contributed by atoms with Crippen LogP contribution in [-0.4, -0.2) is 35.5 Å². The molecule has 5 nitrogen and oxygen atoms in total. The molecule has 0 bridgehead atoms. The first-order chi connectivity index (χ1) is 7.70. The number of thioether (sulfide) groups is 1. The summed E-state index contributed by atoms with van der Waals surface area (Å²) in [6.07, 6.45) is 1.04. The molecule has 1 aromatic heterocycles. The fraction of sp³-hybridized carbons (Fsp3) is 0.556. The summed E-state index contributed by atoms with van der Waals surface area (Å²) < 4.78 is 0. The molecule has 7 heteroatoms. The molecule has 4 N–H and O–H groups in total. The molecule has 1 saturated heterocycles. The number of nitrogens with zero attached hydrogens (tertiary/aromatic N) is 1. The Labute approximate surface area is 102 Å². The molecular formula is C9H14N4OS2. The van der Waals surface area contributed by atoms with Crippen molar-refractivity contribution >= 4 is 40.0 Å². The lowest BCUT2D eigenvalue weighted by Gasteiger charge is -2.09. The minimum Gasteiger partial charge on any atom is -0.382 e. The van der Waals surface area contributed by atoms with E-state index in [1.165, 1.54) is 11.3 Å². The van der Waals surface area contributed by atoms with Gasteiger partial charge in [0.15, 0.2) is 5.13 Å². The van der Waals surface area contributed by atoms with Crippen molar-refractivity contribution in [3.63, 3.8) is 0 Å². The Morgan fingerprint density at radius 1 is 1.62 bits per heavy atom. The Morgan fingerprint density at radius 3 is 3.00 bits per heavy atom. The van der Waals surface area contributed by atoms with Gasteiger partial charge in [-0.1, -0.05) is 11.3 Å². The van der Waals surface area contributed by atoms with E-state index >= 15 is 0 Å². The highest BCUT2D eigenvalue weighted by Crippen LogP contribution is 2.25. The van der Waals surface area contributed by atoms with Crippen LogP contribution in [0, 0.1) is 0 Å². The zero-order chi connectivity index (χ0) is 11.5. The van der Waals surface area contributed by atoms with Gasteiger partial charge in [-0.25, -0.2) is 4.98 Å². The number of nitrogen functional groups attached to an aromatic ring is 1. The van der Waals surface area contributed by atoms with Crippen LogP contribution in [0.1, 0.15) is 16.1 Å². The van der Waals surface area contributed by atoms with Gasteiger partial charge >= 0.3 is 0 Å². The summed E-state index contributed by atoms with van der Waals surface area (Å²) in [6.45, 7) is 0. The quantitative estimate of drug-likeness (QED) is 0.754. The third-order valence-corrected chi connectivity index (χ3v) is 4.59. The highest BCUT2D eigenvalue weighted by molar-refractivity contribution is 7.99. The Morgan fingerprint density at radius 2 is 2.44 bits per heavy atom. The van der Waals surface area contributed by atoms with Gasteiger partial charge in [-0.15, -0.1) is 0 Å². The molecule has 2 heterocycles. The molecule has 16 heavy (non-hydrogen) atoms. The second-order valence-electron chi connectivity index (χ2n) is 3.52. The lowest BCUT2D eigenvalue weighted by molar-refractivity contribution is 0.0946. The number of thiazole rings is 1. The van der Waals surface area contributed by atoms with Crippen molar-refractivity contribution in [1.82, 2.24) is 10.3 Å². The van der Waals surface area contributed by atoms with Crippen LogP contribution in [0.5, 0.6) is 0 Å². The van der Waals surface area contributed by atoms with Crippen molar-refractivity contribution in [3.8, 4) is 0 Å². The van der Waals surface area contributed by atoms with E-state index in [1.54, 1.807) is 7.05 Å². The van der Waals surface area contributed by atoms with Crippen LogP contribution in [0.25, 0.3) is 0 Å². The number of hydrogen-bond acceptors (Lipinski definition) is 6. The SMILES string of the molecule is CNc1nc(N)c(C(=O)NC2CCSC2)s1. The highest BCUT2D eigenvalue weighted by Gasteiger charge is 2.21. The van der Waals surface area contributed by atoms with E-state index in [9.17, 15) is 4.79 Å². The summed E-state index contributed by atoms with van der Waals surface area (Å²) in [6, 6.07) is 0.275. The van der Waals surface area contributed by atoms with Crippen LogP contribution in [0.2, 0.25) is 0 Å². The van der Waals surface area contributed by atoms with Gasteiger partial charge < -0.3 is 16.4 Å². The van der Waals surface area contributed by atoms with E-state index in [2.05, 4.69) is 15.6 Å². The largest absolute Gasteiger partial charge is 0.382 e. The first-order valence-electron chi connectivity index (χ1n) is 5.03. The molecule has 1 aliphatic rings. The monoisotopic (exact) mass is 258 g/mol. The van der Waals surface area contributed by atoms with Crippen LogP contribution in [0.3, 0.4) is 0 Å². The normalized spacial score (nSPS) is 19.7. The number of amides is 1. The molecule has 1 unspecified atom stereocenters. The maximum atomic E-state index is 11.9. The van der Waals surface area contributed by atoms with Crippen molar-refractivity contribution in [2.24, 2.45) is 0 Å². The third kappa shape index (κ3) is 2.41. The average molecular weight is 258 g/mol. The maximum absolute atomic E-state index is 11.9. The Bertz CT molecular complexity index is 387. The topological polar surface area (TPSA) is 80.0 Å². The van der Waals surface area contributed by atoms with Crippen molar-refractivity contribution < 1.29 is 4.79 Å².